The van der Waals surface area contributed by atoms with Crippen LogP contribution in [0.25, 0.3) is 0 Å². The summed E-state index contributed by atoms with van der Waals surface area (Å²) in [4.78, 5) is 38.0. The molecule has 0 unspecified atom stereocenters. The second-order valence-electron chi connectivity index (χ2n) is 12.3. The molecule has 7 rings (SSSR count). The van der Waals surface area contributed by atoms with E-state index in [0.717, 1.165) is 60.6 Å². The molecule has 4 aromatic rings. The Morgan fingerprint density at radius 1 is 1.00 bits per heavy atom. The molecule has 8 nitrogen and oxygen atoms in total. The summed E-state index contributed by atoms with van der Waals surface area (Å²) < 4.78 is 39.5. The molecule has 1 aliphatic carbocycles. The summed E-state index contributed by atoms with van der Waals surface area (Å²) in [6.07, 6.45) is 0.805. The van der Waals surface area contributed by atoms with Gasteiger partial charge in [0.25, 0.3) is 5.91 Å². The minimum atomic E-state index is -4.56. The number of piperidine rings is 1. The number of rotatable bonds is 6. The Morgan fingerprint density at radius 2 is 1.74 bits per heavy atom. The third kappa shape index (κ3) is 5.71. The van der Waals surface area contributed by atoms with E-state index in [1.807, 2.05) is 19.1 Å². The quantitative estimate of drug-likeness (QED) is 0.217. The van der Waals surface area contributed by atoms with Crippen LogP contribution in [0.1, 0.15) is 69.9 Å². The van der Waals surface area contributed by atoms with Gasteiger partial charge in [0, 0.05) is 34.4 Å². The van der Waals surface area contributed by atoms with Crippen molar-refractivity contribution in [2.45, 2.75) is 56.7 Å². The molecular weight excluding hydrogens is 593 g/mol. The van der Waals surface area contributed by atoms with Gasteiger partial charge in [-0.25, -0.2) is 9.97 Å². The number of halogens is 3. The van der Waals surface area contributed by atoms with Crippen molar-refractivity contribution in [3.8, 4) is 0 Å². The van der Waals surface area contributed by atoms with E-state index < -0.39 is 23.1 Å². The van der Waals surface area contributed by atoms with Crippen LogP contribution in [-0.2, 0) is 22.9 Å². The molecule has 2 fully saturated rings. The summed E-state index contributed by atoms with van der Waals surface area (Å²) in [6.45, 7) is 4.20. The van der Waals surface area contributed by atoms with Gasteiger partial charge in [-0.15, -0.1) is 0 Å². The van der Waals surface area contributed by atoms with Crippen LogP contribution >= 0.6 is 0 Å². The average molecular weight is 627 g/mol. The highest BCUT2D eigenvalue weighted by atomic mass is 19.4. The molecule has 46 heavy (non-hydrogen) atoms. The lowest BCUT2D eigenvalue weighted by Crippen LogP contribution is -2.45. The summed E-state index contributed by atoms with van der Waals surface area (Å²) in [5.41, 5.74) is 3.84. The first kappa shape index (κ1) is 29.9. The van der Waals surface area contributed by atoms with Gasteiger partial charge in [-0.2, -0.15) is 13.2 Å². The molecule has 1 saturated heterocycles. The van der Waals surface area contributed by atoms with E-state index in [2.05, 4.69) is 33.1 Å². The van der Waals surface area contributed by atoms with Gasteiger partial charge < -0.3 is 20.9 Å². The predicted molar refractivity (Wildman–Crippen MR) is 169 cm³/mol. The maximum absolute atomic E-state index is 14.0. The number of anilines is 4. The molecule has 2 aliphatic heterocycles. The molecule has 2 amide bonds. The van der Waals surface area contributed by atoms with Gasteiger partial charge in [0.05, 0.1) is 23.2 Å². The minimum Gasteiger partial charge on any atom is -0.324 e. The Labute approximate surface area is 264 Å². The topological polar surface area (TPSA) is 99.2 Å². The predicted octanol–water partition coefficient (Wildman–Crippen LogP) is 6.85. The van der Waals surface area contributed by atoms with Crippen molar-refractivity contribution in [1.82, 2.24) is 15.3 Å². The monoisotopic (exact) mass is 626 g/mol. The van der Waals surface area contributed by atoms with E-state index in [-0.39, 0.29) is 18.0 Å². The summed E-state index contributed by atoms with van der Waals surface area (Å²) in [5.74, 6) is 0.260. The zero-order valence-corrected chi connectivity index (χ0v) is 25.2. The molecule has 3 N–H and O–H groups in total. The van der Waals surface area contributed by atoms with Crippen LogP contribution < -0.4 is 20.9 Å². The first-order valence-corrected chi connectivity index (χ1v) is 15.5. The Bertz CT molecular complexity index is 1810. The maximum Gasteiger partial charge on any atom is 0.416 e. The van der Waals surface area contributed by atoms with Gasteiger partial charge in [0.2, 0.25) is 11.9 Å². The van der Waals surface area contributed by atoms with Crippen molar-refractivity contribution in [1.29, 1.82) is 0 Å². The lowest BCUT2D eigenvalue weighted by Gasteiger charge is -2.34. The van der Waals surface area contributed by atoms with Crippen molar-refractivity contribution in [3.05, 3.63) is 106 Å². The molecule has 11 heteroatoms. The molecule has 1 spiro atoms. The second kappa shape index (κ2) is 11.5. The van der Waals surface area contributed by atoms with E-state index in [9.17, 15) is 22.8 Å². The number of hydrogen-bond acceptors (Lipinski definition) is 6. The van der Waals surface area contributed by atoms with Gasteiger partial charge in [-0.1, -0.05) is 24.3 Å². The smallest absolute Gasteiger partial charge is 0.324 e. The van der Waals surface area contributed by atoms with Gasteiger partial charge in [-0.05, 0) is 105 Å². The van der Waals surface area contributed by atoms with Crippen molar-refractivity contribution in [2.75, 3.05) is 28.6 Å². The minimum absolute atomic E-state index is 0.0690. The van der Waals surface area contributed by atoms with E-state index in [1.54, 1.807) is 29.3 Å². The summed E-state index contributed by atoms with van der Waals surface area (Å²) in [7, 11) is 0. The van der Waals surface area contributed by atoms with Gasteiger partial charge in [0.1, 0.15) is 0 Å². The average Bonchev–Trinajstić information content (AvgIpc) is 3.86. The number of aromatic nitrogens is 2. The Kier molecular flexibility index (Phi) is 7.51. The van der Waals surface area contributed by atoms with Crippen LogP contribution in [0.2, 0.25) is 0 Å². The van der Waals surface area contributed by atoms with Crippen molar-refractivity contribution in [2.24, 2.45) is 0 Å². The number of nitrogens with one attached hydrogen (secondary N) is 3. The van der Waals surface area contributed by atoms with Crippen LogP contribution in [0.4, 0.5) is 36.2 Å². The number of nitrogens with zero attached hydrogens (tertiary/aromatic N) is 3. The molecule has 0 radical (unpaired) electrons. The van der Waals surface area contributed by atoms with Crippen LogP contribution in [0.3, 0.4) is 0 Å². The molecule has 0 atom stereocenters. The third-order valence-corrected chi connectivity index (χ3v) is 9.24. The highest BCUT2D eigenvalue weighted by Gasteiger charge is 2.58. The fourth-order valence-electron chi connectivity index (χ4n) is 6.51. The van der Waals surface area contributed by atoms with Crippen molar-refractivity contribution < 1.29 is 22.8 Å². The van der Waals surface area contributed by atoms with Crippen LogP contribution in [0, 0.1) is 6.92 Å². The zero-order valence-electron chi connectivity index (χ0n) is 25.2. The molecule has 0 bridgehead atoms. The maximum atomic E-state index is 14.0. The molecule has 236 valence electrons. The number of alkyl halides is 3. The highest BCUT2D eigenvalue weighted by Crippen LogP contribution is 2.53. The van der Waals surface area contributed by atoms with Crippen LogP contribution in [0.15, 0.2) is 72.9 Å². The first-order chi connectivity index (χ1) is 22.1. The normalized spacial score (nSPS) is 17.5. The fraction of sp³-hybridized carbons (Fsp3) is 0.314. The number of fused-ring (bicyclic) bond motifs is 2. The molecule has 3 aliphatic rings. The van der Waals surface area contributed by atoms with Gasteiger partial charge in [-0.3, -0.25) is 9.59 Å². The van der Waals surface area contributed by atoms with E-state index in [1.165, 1.54) is 17.7 Å². The standard InChI is InChI=1S/C35H33F3N6O2/c1-21-5-8-28(41-31(45)24-3-2-4-26(17-24)35(36,37)38)18-29(21)44-20-25-19-40-33(43-30(25)34(13-14-34)32(44)46)42-27-9-6-22(7-10-27)23-11-15-39-16-12-23/h2-10,17-19,23,39H,11-16,20H2,1H3,(H,41,45)(H,40,42,43). The Morgan fingerprint density at radius 3 is 2.46 bits per heavy atom. The zero-order chi connectivity index (χ0) is 32.1. The van der Waals surface area contributed by atoms with Gasteiger partial charge in [0.15, 0.2) is 0 Å². The van der Waals surface area contributed by atoms with E-state index in [4.69, 9.17) is 4.98 Å². The first-order valence-electron chi connectivity index (χ1n) is 15.5. The lowest BCUT2D eigenvalue weighted by atomic mass is 9.90. The third-order valence-electron chi connectivity index (χ3n) is 9.24. The van der Waals surface area contributed by atoms with E-state index >= 15 is 0 Å². The molecule has 3 heterocycles. The second-order valence-corrected chi connectivity index (χ2v) is 12.3. The number of amides is 2. The van der Waals surface area contributed by atoms with Crippen molar-refractivity contribution in [3.63, 3.8) is 0 Å². The largest absolute Gasteiger partial charge is 0.416 e. The molecular formula is C35H33F3N6O2. The molecule has 3 aromatic carbocycles. The number of carbonyl (C=O) groups is 2. The highest BCUT2D eigenvalue weighted by molar-refractivity contribution is 6.07. The molecule has 1 saturated carbocycles. The van der Waals surface area contributed by atoms with Gasteiger partial charge >= 0.3 is 6.18 Å². The number of aryl methyl sites for hydroxylation is 1. The SMILES string of the molecule is Cc1ccc(NC(=O)c2cccc(C(F)(F)F)c2)cc1N1Cc2cnc(Nc3ccc(C4CCNCC4)cc3)nc2C2(CC2)C1=O. The number of benzene rings is 3. The fourth-order valence-corrected chi connectivity index (χ4v) is 6.51. The van der Waals surface area contributed by atoms with Crippen molar-refractivity contribution >= 4 is 34.8 Å². The Balaban J connectivity index is 1.10. The number of hydrogen-bond donors (Lipinski definition) is 3. The summed E-state index contributed by atoms with van der Waals surface area (Å²) >= 11 is 0. The Hall–Kier alpha value is -4.77. The molecule has 1 aromatic heterocycles. The lowest BCUT2D eigenvalue weighted by molar-refractivity contribution is -0.137. The van der Waals surface area contributed by atoms with Crippen LogP contribution in [0.5, 0.6) is 0 Å². The van der Waals surface area contributed by atoms with E-state index in [0.29, 0.717) is 36.1 Å². The number of carbonyl (C=O) groups excluding carboxylic acids is 2. The van der Waals surface area contributed by atoms with Crippen LogP contribution in [-0.4, -0.2) is 34.9 Å². The summed E-state index contributed by atoms with van der Waals surface area (Å²) in [5, 5.41) is 9.39. The summed E-state index contributed by atoms with van der Waals surface area (Å²) in [6, 6.07) is 17.8.